The van der Waals surface area contributed by atoms with Gasteiger partial charge in [-0.05, 0) is 42.6 Å². The Morgan fingerprint density at radius 1 is 1.05 bits per heavy atom. The van der Waals surface area contributed by atoms with Gasteiger partial charge in [-0.15, -0.1) is 0 Å². The molecule has 190 valence electrons. The summed E-state index contributed by atoms with van der Waals surface area (Å²) in [5.74, 6) is -2.27. The molecule has 37 heavy (non-hydrogen) atoms. The van der Waals surface area contributed by atoms with Crippen molar-refractivity contribution in [2.24, 2.45) is 10.7 Å². The van der Waals surface area contributed by atoms with Gasteiger partial charge in [-0.1, -0.05) is 41.9 Å². The molecule has 0 fully saturated rings. The molecule has 0 unspecified atom stereocenters. The Morgan fingerprint density at radius 3 is 2.24 bits per heavy atom. The van der Waals surface area contributed by atoms with Gasteiger partial charge in [0.1, 0.15) is 0 Å². The number of hydrogen-bond donors (Lipinski definition) is 4. The largest absolute Gasteiger partial charge is 0.478 e. The number of allylic oxidation sites excluding steroid dienone is 1. The Morgan fingerprint density at radius 2 is 1.68 bits per heavy atom. The van der Waals surface area contributed by atoms with Crippen molar-refractivity contribution in [3.8, 4) is 0 Å². The van der Waals surface area contributed by atoms with Crippen molar-refractivity contribution < 1.29 is 27.9 Å². The van der Waals surface area contributed by atoms with Crippen LogP contribution in [0.2, 0.25) is 5.02 Å². The van der Waals surface area contributed by atoms with Crippen LogP contribution in [0.4, 0.5) is 18.9 Å². The van der Waals surface area contributed by atoms with Gasteiger partial charge in [0.25, 0.3) is 5.91 Å². The zero-order valence-electron chi connectivity index (χ0n) is 19.2. The number of carbonyl (C=O) groups excluding carboxylic acids is 1. The highest BCUT2D eigenvalue weighted by Gasteiger charge is 2.36. The minimum atomic E-state index is -4.84. The first kappa shape index (κ1) is 27.2. The number of alkyl halides is 3. The molecule has 5 N–H and O–H groups in total. The Labute approximate surface area is 214 Å². The topological polar surface area (TPSA) is 129 Å². The molecule has 0 spiro atoms. The summed E-state index contributed by atoms with van der Waals surface area (Å²) in [6.45, 7) is 0. The molecule has 0 aliphatic rings. The smallest absolute Gasteiger partial charge is 0.417 e. The summed E-state index contributed by atoms with van der Waals surface area (Å²) in [5, 5.41) is 19.8. The van der Waals surface area contributed by atoms with Gasteiger partial charge in [-0.3, -0.25) is 15.2 Å². The Kier molecular flexibility index (Phi) is 8.14. The number of carboxylic acid groups (broad SMARTS) is 1. The number of rotatable bonds is 7. The number of halogens is 4. The van der Waals surface area contributed by atoms with E-state index in [1.165, 1.54) is 61.8 Å². The predicted octanol–water partition coefficient (Wildman–Crippen LogP) is 5.62. The normalized spacial score (nSPS) is 12.0. The van der Waals surface area contributed by atoms with E-state index in [1.54, 1.807) is 6.07 Å². The quantitative estimate of drug-likeness (QED) is 0.297. The molecule has 0 atom stereocenters. The molecule has 3 aromatic carbocycles. The van der Waals surface area contributed by atoms with E-state index in [0.717, 1.165) is 12.1 Å². The highest BCUT2D eigenvalue weighted by molar-refractivity contribution is 6.35. The number of carbonyl (C=O) groups is 2. The van der Waals surface area contributed by atoms with Crippen LogP contribution >= 0.6 is 11.6 Å². The van der Waals surface area contributed by atoms with Crippen molar-refractivity contribution in [3.05, 3.63) is 111 Å². The van der Waals surface area contributed by atoms with Crippen LogP contribution in [0.15, 0.2) is 77.9 Å². The number of aromatic carboxylic acids is 1. The van der Waals surface area contributed by atoms with E-state index in [2.05, 4.69) is 10.3 Å². The Hall–Kier alpha value is -4.44. The van der Waals surface area contributed by atoms with Gasteiger partial charge in [-0.25, -0.2) is 4.79 Å². The number of hydrogen-bond acceptors (Lipinski definition) is 5. The maximum atomic E-state index is 13.6. The fraction of sp³-hybridized carbons (Fsp3) is 0.0769. The fourth-order valence-corrected chi connectivity index (χ4v) is 3.79. The lowest BCUT2D eigenvalue weighted by Crippen LogP contribution is -2.21. The summed E-state index contributed by atoms with van der Waals surface area (Å²) in [7, 11) is 1.51. The lowest BCUT2D eigenvalue weighted by atomic mass is 9.96. The number of nitrogens with two attached hydrogens (primary N) is 1. The van der Waals surface area contributed by atoms with Gasteiger partial charge < -0.3 is 16.2 Å². The van der Waals surface area contributed by atoms with Crippen LogP contribution in [0, 0.1) is 5.41 Å². The van der Waals surface area contributed by atoms with E-state index in [-0.39, 0.29) is 22.5 Å². The summed E-state index contributed by atoms with van der Waals surface area (Å²) in [4.78, 5) is 28.4. The monoisotopic (exact) mass is 528 g/mol. The molecule has 0 saturated heterocycles. The number of benzene rings is 3. The fourth-order valence-electron chi connectivity index (χ4n) is 3.53. The van der Waals surface area contributed by atoms with E-state index < -0.39 is 34.2 Å². The predicted molar refractivity (Wildman–Crippen MR) is 136 cm³/mol. The molecule has 0 aromatic heterocycles. The molecule has 0 radical (unpaired) electrons. The zero-order chi connectivity index (χ0) is 27.3. The molecular weight excluding hydrogens is 509 g/mol. The van der Waals surface area contributed by atoms with Crippen LogP contribution < -0.4 is 11.1 Å². The van der Waals surface area contributed by atoms with Crippen LogP contribution in [0.3, 0.4) is 0 Å². The lowest BCUT2D eigenvalue weighted by Gasteiger charge is -2.17. The number of amides is 1. The van der Waals surface area contributed by atoms with Gasteiger partial charge in [0.2, 0.25) is 0 Å². The molecule has 7 nitrogen and oxygen atoms in total. The highest BCUT2D eigenvalue weighted by atomic mass is 35.5. The van der Waals surface area contributed by atoms with Crippen LogP contribution in [0.5, 0.6) is 0 Å². The standard InChI is InChI=1S/C26H20ClF3N4O3/c1-33-20(11-12-31)16-9-10-17(23(32)14-5-7-15(8-6-14)25(36)37)21(13-16)34-24(35)22-18(26(28,29)30)3-2-4-19(22)27/h2-13,32H,31H2,1H3,(H,34,35)(H,36,37). The van der Waals surface area contributed by atoms with E-state index in [1.807, 2.05) is 0 Å². The molecule has 0 heterocycles. The third kappa shape index (κ3) is 6.04. The highest BCUT2D eigenvalue weighted by Crippen LogP contribution is 2.35. The van der Waals surface area contributed by atoms with Crippen LogP contribution in [-0.4, -0.2) is 35.5 Å². The summed E-state index contributed by atoms with van der Waals surface area (Å²) in [5.41, 5.74) is 4.75. The van der Waals surface area contributed by atoms with Crippen molar-refractivity contribution in [1.82, 2.24) is 0 Å². The van der Waals surface area contributed by atoms with Crippen molar-refractivity contribution in [3.63, 3.8) is 0 Å². The molecule has 3 aromatic rings. The molecule has 0 aliphatic heterocycles. The lowest BCUT2D eigenvalue weighted by molar-refractivity contribution is -0.137. The van der Waals surface area contributed by atoms with Crippen LogP contribution in [-0.2, 0) is 6.18 Å². The molecule has 0 aliphatic carbocycles. The summed E-state index contributed by atoms with van der Waals surface area (Å²) in [6.07, 6.45) is -2.10. The average molecular weight is 529 g/mol. The van der Waals surface area contributed by atoms with Gasteiger partial charge in [0, 0.05) is 23.7 Å². The molecule has 0 saturated carbocycles. The summed E-state index contributed by atoms with van der Waals surface area (Å²) < 4.78 is 40.8. The van der Waals surface area contributed by atoms with Crippen molar-refractivity contribution >= 4 is 40.6 Å². The second kappa shape index (κ2) is 11.1. The van der Waals surface area contributed by atoms with Gasteiger partial charge in [0.05, 0.1) is 38.8 Å². The Balaban J connectivity index is 2.13. The first-order valence-electron chi connectivity index (χ1n) is 10.6. The third-order valence-electron chi connectivity index (χ3n) is 5.29. The first-order chi connectivity index (χ1) is 17.5. The average Bonchev–Trinajstić information content (AvgIpc) is 2.86. The van der Waals surface area contributed by atoms with Crippen molar-refractivity contribution in [2.45, 2.75) is 6.18 Å². The Bertz CT molecular complexity index is 1430. The first-order valence-corrected chi connectivity index (χ1v) is 10.9. The number of anilines is 1. The van der Waals surface area contributed by atoms with Crippen molar-refractivity contribution in [1.29, 1.82) is 5.41 Å². The number of nitrogens with one attached hydrogen (secondary N) is 2. The second-order valence-electron chi connectivity index (χ2n) is 7.60. The van der Waals surface area contributed by atoms with E-state index in [4.69, 9.17) is 27.9 Å². The van der Waals surface area contributed by atoms with Gasteiger partial charge >= 0.3 is 12.1 Å². The van der Waals surface area contributed by atoms with Crippen molar-refractivity contribution in [2.75, 3.05) is 12.4 Å². The minimum absolute atomic E-state index is 0.00873. The summed E-state index contributed by atoms with van der Waals surface area (Å²) in [6, 6.07) is 13.0. The molecule has 0 bridgehead atoms. The SMILES string of the molecule is CN=C(C=CN)c1ccc(C(=N)c2ccc(C(=O)O)cc2)c(NC(=O)c2c(Cl)cccc2C(F)(F)F)c1. The molecular formula is C26H20ClF3N4O3. The van der Waals surface area contributed by atoms with Gasteiger partial charge in [0.15, 0.2) is 0 Å². The van der Waals surface area contributed by atoms with Crippen LogP contribution in [0.1, 0.15) is 43.0 Å². The third-order valence-corrected chi connectivity index (χ3v) is 5.61. The van der Waals surface area contributed by atoms with E-state index in [9.17, 15) is 22.8 Å². The second-order valence-corrected chi connectivity index (χ2v) is 8.01. The number of nitrogens with zero attached hydrogens (tertiary/aromatic N) is 1. The zero-order valence-corrected chi connectivity index (χ0v) is 20.0. The molecule has 1 amide bonds. The maximum absolute atomic E-state index is 13.6. The van der Waals surface area contributed by atoms with Gasteiger partial charge in [-0.2, -0.15) is 13.2 Å². The number of carboxylic acids is 1. The van der Waals surface area contributed by atoms with Crippen LogP contribution in [0.25, 0.3) is 0 Å². The number of aliphatic imine (C=N–C) groups is 1. The molecule has 3 rings (SSSR count). The molecule has 11 heteroatoms. The van der Waals surface area contributed by atoms with E-state index in [0.29, 0.717) is 16.8 Å². The van der Waals surface area contributed by atoms with E-state index >= 15 is 0 Å². The maximum Gasteiger partial charge on any atom is 0.417 e. The summed E-state index contributed by atoms with van der Waals surface area (Å²) >= 11 is 5.99. The minimum Gasteiger partial charge on any atom is -0.478 e.